The number of para-hydroxylation sites is 1. The third-order valence-corrected chi connectivity index (χ3v) is 5.35. The van der Waals surface area contributed by atoms with Crippen LogP contribution in [0.4, 0.5) is 0 Å². The summed E-state index contributed by atoms with van der Waals surface area (Å²) in [7, 11) is 16.5. The van der Waals surface area contributed by atoms with Gasteiger partial charge in [0, 0.05) is 0 Å². The fourth-order valence-electron chi connectivity index (χ4n) is 2.30. The van der Waals surface area contributed by atoms with Crippen LogP contribution in [0.5, 0.6) is 5.75 Å². The molecule has 0 N–H and O–H groups in total. The van der Waals surface area contributed by atoms with Crippen LogP contribution in [0.3, 0.4) is 0 Å². The molecule has 0 saturated carbocycles. The second kappa shape index (κ2) is 6.67. The number of likely N-dealkylation sites (tertiary alicyclic amines) is 1. The number of ether oxygens (including phenoxy) is 1. The Balaban J connectivity index is 2.06. The summed E-state index contributed by atoms with van der Waals surface area (Å²) in [5.74, 6) is 0.916. The zero-order valence-corrected chi connectivity index (χ0v) is 14.5. The van der Waals surface area contributed by atoms with E-state index in [0.717, 1.165) is 28.6 Å². The molecule has 1 aromatic carbocycles. The molecule has 1 aliphatic heterocycles. The summed E-state index contributed by atoms with van der Waals surface area (Å²) >= 11 is -1.81. The molecule has 0 aromatic heterocycles. The Kier molecular flexibility index (Phi) is 5.42. The summed E-state index contributed by atoms with van der Waals surface area (Å²) in [6, 6.07) is 8.01. The van der Waals surface area contributed by atoms with Crippen molar-refractivity contribution >= 4 is 24.0 Å². The van der Waals surface area contributed by atoms with Gasteiger partial charge in [0.1, 0.15) is 0 Å². The number of rotatable bonds is 3. The van der Waals surface area contributed by atoms with Gasteiger partial charge in [-0.05, 0) is 0 Å². The normalized spacial score (nSPS) is 19.9. The van der Waals surface area contributed by atoms with Crippen molar-refractivity contribution in [1.29, 1.82) is 0 Å². The van der Waals surface area contributed by atoms with E-state index < -0.39 is 13.5 Å². The number of hydrogen-bond acceptors (Lipinski definition) is 1. The summed E-state index contributed by atoms with van der Waals surface area (Å²) in [4.78, 5) is 0. The molecule has 0 bridgehead atoms. The van der Waals surface area contributed by atoms with Gasteiger partial charge in [-0.1, -0.05) is 0 Å². The topological polar surface area (TPSA) is 9.23 Å². The Morgan fingerprint density at radius 3 is 2.47 bits per heavy atom. The van der Waals surface area contributed by atoms with Crippen LogP contribution in [0.2, 0.25) is 0 Å². The van der Waals surface area contributed by atoms with Crippen LogP contribution in [-0.4, -0.2) is 42.4 Å². The van der Waals surface area contributed by atoms with Gasteiger partial charge in [0.25, 0.3) is 0 Å². The molecule has 1 heterocycles. The van der Waals surface area contributed by atoms with Crippen molar-refractivity contribution in [3.63, 3.8) is 0 Å². The molecule has 2 nitrogen and oxygen atoms in total. The fraction of sp³-hybridized carbons (Fsp3) is 0.500. The second-order valence-electron chi connectivity index (χ2n) is 5.54. The molecule has 0 amide bonds. The molecule has 0 spiro atoms. The van der Waals surface area contributed by atoms with Crippen molar-refractivity contribution in [3.05, 3.63) is 29.8 Å². The zero-order chi connectivity index (χ0) is 13.9. The SMILES string of the molecule is C[N+]1(C)CCC(Oc2ccccc2[CH]=[Ru]([Cl])[Cl])CC1. The number of hydrogen-bond donors (Lipinski definition) is 0. The van der Waals surface area contributed by atoms with Crippen LogP contribution < -0.4 is 4.74 Å². The summed E-state index contributed by atoms with van der Waals surface area (Å²) in [6.45, 7) is 2.33. The van der Waals surface area contributed by atoms with Gasteiger partial charge in [-0.3, -0.25) is 0 Å². The average molecular weight is 390 g/mol. The van der Waals surface area contributed by atoms with E-state index in [9.17, 15) is 0 Å². The molecule has 5 heteroatoms. The molecular formula is C14H20Cl2NORu+. The van der Waals surface area contributed by atoms with Crippen LogP contribution in [0.1, 0.15) is 18.4 Å². The van der Waals surface area contributed by atoms with Crippen molar-refractivity contribution in [2.45, 2.75) is 18.9 Å². The quantitative estimate of drug-likeness (QED) is 0.568. The molecule has 0 atom stereocenters. The summed E-state index contributed by atoms with van der Waals surface area (Å²) < 4.78 is 9.18. The monoisotopic (exact) mass is 390 g/mol. The van der Waals surface area contributed by atoms with Gasteiger partial charge in [-0.15, -0.1) is 0 Å². The molecule has 0 unspecified atom stereocenters. The summed E-state index contributed by atoms with van der Waals surface area (Å²) in [6.07, 6.45) is 2.52. The Labute approximate surface area is 128 Å². The predicted molar refractivity (Wildman–Crippen MR) is 78.8 cm³/mol. The van der Waals surface area contributed by atoms with Crippen LogP contribution in [0.15, 0.2) is 24.3 Å². The number of halogens is 2. The van der Waals surface area contributed by atoms with Crippen molar-refractivity contribution in [2.75, 3.05) is 27.2 Å². The second-order valence-corrected chi connectivity index (χ2v) is 11.3. The first-order chi connectivity index (χ1) is 8.96. The Morgan fingerprint density at radius 2 is 1.84 bits per heavy atom. The van der Waals surface area contributed by atoms with Crippen LogP contribution in [0.25, 0.3) is 0 Å². The van der Waals surface area contributed by atoms with Crippen LogP contribution in [-0.2, 0) is 13.5 Å². The van der Waals surface area contributed by atoms with Crippen LogP contribution >= 0.6 is 19.4 Å². The van der Waals surface area contributed by atoms with Crippen molar-refractivity contribution in [1.82, 2.24) is 0 Å². The van der Waals surface area contributed by atoms with Gasteiger partial charge in [0.2, 0.25) is 0 Å². The van der Waals surface area contributed by atoms with E-state index in [4.69, 9.17) is 24.1 Å². The first-order valence-electron chi connectivity index (χ1n) is 6.37. The van der Waals surface area contributed by atoms with Gasteiger partial charge in [-0.2, -0.15) is 0 Å². The minimum absolute atomic E-state index is 0.312. The Morgan fingerprint density at radius 1 is 1.21 bits per heavy atom. The maximum atomic E-state index is 6.15. The van der Waals surface area contributed by atoms with Gasteiger partial charge in [0.15, 0.2) is 0 Å². The van der Waals surface area contributed by atoms with Gasteiger partial charge >= 0.3 is 128 Å². The van der Waals surface area contributed by atoms with E-state index in [-0.39, 0.29) is 0 Å². The van der Waals surface area contributed by atoms with E-state index in [1.54, 1.807) is 0 Å². The van der Waals surface area contributed by atoms with E-state index in [2.05, 4.69) is 14.1 Å². The number of quaternary nitrogens is 1. The molecule has 1 saturated heterocycles. The zero-order valence-electron chi connectivity index (χ0n) is 11.3. The van der Waals surface area contributed by atoms with E-state index in [1.165, 1.54) is 13.1 Å². The third-order valence-electron chi connectivity index (χ3n) is 3.51. The maximum absolute atomic E-state index is 6.15. The minimum atomic E-state index is -1.81. The number of nitrogens with zero attached hydrogens (tertiary/aromatic N) is 1. The third kappa shape index (κ3) is 4.82. The molecule has 108 valence electrons. The Bertz CT molecular complexity index is 462. The summed E-state index contributed by atoms with van der Waals surface area (Å²) in [5, 5.41) is 0. The summed E-state index contributed by atoms with van der Waals surface area (Å²) in [5.41, 5.74) is 1.03. The molecular weight excluding hydrogens is 370 g/mol. The number of piperidine rings is 1. The Hall–Kier alpha value is 0.0534. The standard InChI is InChI=1S/C14H20NO.2ClH.Ru/c1-12-6-4-5-7-14(12)16-13-8-10-15(2,3)11-9-13;;;/h1,4-7,13H,8-11H2,2-3H3;2*1H;/q+1;;;+2/p-2. The first-order valence-corrected chi connectivity index (χ1v) is 11.9. The van der Waals surface area contributed by atoms with Crippen molar-refractivity contribution in [2.24, 2.45) is 0 Å². The predicted octanol–water partition coefficient (Wildman–Crippen LogP) is 3.38. The molecule has 0 radical (unpaired) electrons. The molecule has 0 aliphatic carbocycles. The van der Waals surface area contributed by atoms with E-state index in [1.807, 2.05) is 28.9 Å². The fourth-order valence-corrected chi connectivity index (χ4v) is 4.10. The van der Waals surface area contributed by atoms with Gasteiger partial charge in [-0.25, -0.2) is 0 Å². The van der Waals surface area contributed by atoms with Gasteiger partial charge < -0.3 is 0 Å². The average Bonchev–Trinajstić information content (AvgIpc) is 2.33. The van der Waals surface area contributed by atoms with E-state index in [0.29, 0.717) is 6.10 Å². The molecule has 1 fully saturated rings. The molecule has 2 rings (SSSR count). The first kappa shape index (κ1) is 15.4. The molecule has 1 aliphatic rings. The molecule has 19 heavy (non-hydrogen) atoms. The van der Waals surface area contributed by atoms with Gasteiger partial charge in [0.05, 0.1) is 0 Å². The van der Waals surface area contributed by atoms with Crippen molar-refractivity contribution in [3.8, 4) is 5.75 Å². The van der Waals surface area contributed by atoms with E-state index >= 15 is 0 Å². The van der Waals surface area contributed by atoms with Crippen molar-refractivity contribution < 1.29 is 22.7 Å². The number of benzene rings is 1. The molecule has 1 aromatic rings. The van der Waals surface area contributed by atoms with Crippen LogP contribution in [0, 0.1) is 0 Å².